The van der Waals surface area contributed by atoms with Crippen LogP contribution in [0.5, 0.6) is 0 Å². The van der Waals surface area contributed by atoms with Gasteiger partial charge >= 0.3 is 0 Å². The number of amides is 1. The molecule has 7 nitrogen and oxygen atoms in total. The molecule has 2 saturated heterocycles. The van der Waals surface area contributed by atoms with Crippen LogP contribution in [0.15, 0.2) is 29.1 Å². The number of carbonyl (C=O) groups is 1. The van der Waals surface area contributed by atoms with E-state index in [1.165, 1.54) is 0 Å². The zero-order valence-corrected chi connectivity index (χ0v) is 14.8. The van der Waals surface area contributed by atoms with Crippen molar-refractivity contribution in [3.05, 3.63) is 40.4 Å². The highest BCUT2D eigenvalue weighted by Crippen LogP contribution is 2.29. The van der Waals surface area contributed by atoms with Crippen LogP contribution in [0.25, 0.3) is 10.9 Å². The van der Waals surface area contributed by atoms with Gasteiger partial charge in [0.2, 0.25) is 5.91 Å². The van der Waals surface area contributed by atoms with Gasteiger partial charge in [-0.2, -0.15) is 0 Å². The summed E-state index contributed by atoms with van der Waals surface area (Å²) in [5.41, 5.74) is 0.648. The van der Waals surface area contributed by atoms with Gasteiger partial charge < -0.3 is 14.6 Å². The van der Waals surface area contributed by atoms with Crippen LogP contribution in [0.1, 0.15) is 31.1 Å². The Balaban J connectivity index is 1.50. The Bertz CT molecular complexity index is 850. The number of carbonyl (C=O) groups excluding carboxylic acids is 1. The Labute approximate surface area is 152 Å². The molecule has 0 spiro atoms. The minimum absolute atomic E-state index is 0.0858. The molecule has 0 saturated carbocycles. The Kier molecular flexibility index (Phi) is 4.99. The van der Waals surface area contributed by atoms with Gasteiger partial charge in [-0.05, 0) is 31.5 Å². The fraction of sp³-hybridized carbons (Fsp3) is 0.526. The van der Waals surface area contributed by atoms with E-state index in [4.69, 9.17) is 9.72 Å². The number of rotatable bonds is 4. The van der Waals surface area contributed by atoms with Crippen LogP contribution < -0.4 is 5.56 Å². The third-order valence-electron chi connectivity index (χ3n) is 5.29. The number of ether oxygens (including phenoxy) is 1. The molecule has 1 amide bonds. The molecule has 0 bridgehead atoms. The second-order valence-electron chi connectivity index (χ2n) is 6.91. The van der Waals surface area contributed by atoms with E-state index in [0.717, 1.165) is 37.3 Å². The third-order valence-corrected chi connectivity index (χ3v) is 5.29. The minimum atomic E-state index is -0.0858. The minimum Gasteiger partial charge on any atom is -0.379 e. The zero-order valence-electron chi connectivity index (χ0n) is 14.8. The molecule has 2 fully saturated rings. The van der Waals surface area contributed by atoms with E-state index in [1.54, 1.807) is 6.07 Å². The fourth-order valence-corrected chi connectivity index (χ4v) is 3.87. The van der Waals surface area contributed by atoms with E-state index in [-0.39, 0.29) is 17.5 Å². The van der Waals surface area contributed by atoms with Gasteiger partial charge in [-0.1, -0.05) is 12.1 Å². The predicted molar refractivity (Wildman–Crippen MR) is 97.9 cm³/mol. The van der Waals surface area contributed by atoms with Crippen molar-refractivity contribution >= 4 is 16.8 Å². The Hall–Kier alpha value is -2.25. The smallest absolute Gasteiger partial charge is 0.258 e. The highest BCUT2D eigenvalue weighted by Gasteiger charge is 2.29. The van der Waals surface area contributed by atoms with E-state index >= 15 is 0 Å². The standard InChI is InChI=1S/C19H24N4O3/c24-17-7-12-26-13-11-23(17)10-9-22-8-3-6-16(22)18-20-15-5-2-1-4-14(15)19(25)21-18/h1-2,4-5,16H,3,6-13H2,(H,20,21,25). The lowest BCUT2D eigenvalue weighted by molar-refractivity contribution is -0.130. The van der Waals surface area contributed by atoms with E-state index in [1.807, 2.05) is 23.1 Å². The van der Waals surface area contributed by atoms with Crippen LogP contribution in [-0.2, 0) is 9.53 Å². The zero-order chi connectivity index (χ0) is 17.9. The first-order valence-corrected chi connectivity index (χ1v) is 9.31. The molecule has 2 aliphatic rings. The van der Waals surface area contributed by atoms with Crippen LogP contribution in [0, 0.1) is 0 Å². The fourth-order valence-electron chi connectivity index (χ4n) is 3.87. The topological polar surface area (TPSA) is 78.5 Å². The molecule has 1 N–H and O–H groups in total. The lowest BCUT2D eigenvalue weighted by atomic mass is 10.2. The van der Waals surface area contributed by atoms with E-state index in [0.29, 0.717) is 38.1 Å². The average Bonchev–Trinajstić information content (AvgIpc) is 3.02. The molecular formula is C19H24N4O3. The highest BCUT2D eigenvalue weighted by molar-refractivity contribution is 5.77. The molecule has 0 aliphatic carbocycles. The van der Waals surface area contributed by atoms with Crippen molar-refractivity contribution in [3.8, 4) is 0 Å². The Morgan fingerprint density at radius 3 is 2.96 bits per heavy atom. The number of hydrogen-bond acceptors (Lipinski definition) is 5. The summed E-state index contributed by atoms with van der Waals surface area (Å²) in [5.74, 6) is 0.896. The maximum atomic E-state index is 12.4. The number of para-hydroxylation sites is 1. The lowest BCUT2D eigenvalue weighted by Crippen LogP contribution is -2.39. The number of fused-ring (bicyclic) bond motifs is 1. The molecule has 3 heterocycles. The number of aromatic nitrogens is 2. The lowest BCUT2D eigenvalue weighted by Gasteiger charge is -2.27. The van der Waals surface area contributed by atoms with Crippen LogP contribution in [0.4, 0.5) is 0 Å². The number of hydrogen-bond donors (Lipinski definition) is 1. The van der Waals surface area contributed by atoms with Crippen molar-refractivity contribution in [2.45, 2.75) is 25.3 Å². The van der Waals surface area contributed by atoms with Crippen LogP contribution in [0.3, 0.4) is 0 Å². The monoisotopic (exact) mass is 356 g/mol. The van der Waals surface area contributed by atoms with Crippen LogP contribution in [-0.4, -0.2) is 65.1 Å². The van der Waals surface area contributed by atoms with E-state index in [9.17, 15) is 9.59 Å². The summed E-state index contributed by atoms with van der Waals surface area (Å²) in [6, 6.07) is 7.53. The summed E-state index contributed by atoms with van der Waals surface area (Å²) < 4.78 is 5.39. The van der Waals surface area contributed by atoms with Gasteiger partial charge in [-0.3, -0.25) is 14.5 Å². The summed E-state index contributed by atoms with van der Waals surface area (Å²) in [6.45, 7) is 4.21. The van der Waals surface area contributed by atoms with Crippen molar-refractivity contribution in [1.29, 1.82) is 0 Å². The van der Waals surface area contributed by atoms with Crippen molar-refractivity contribution in [3.63, 3.8) is 0 Å². The number of benzene rings is 1. The van der Waals surface area contributed by atoms with Gasteiger partial charge in [0.1, 0.15) is 5.82 Å². The van der Waals surface area contributed by atoms with Crippen LogP contribution >= 0.6 is 0 Å². The molecule has 2 aliphatic heterocycles. The van der Waals surface area contributed by atoms with Gasteiger partial charge in [0.05, 0.1) is 36.6 Å². The largest absolute Gasteiger partial charge is 0.379 e. The second-order valence-corrected chi connectivity index (χ2v) is 6.91. The normalized spacial score (nSPS) is 22.1. The van der Waals surface area contributed by atoms with Gasteiger partial charge in [-0.25, -0.2) is 4.98 Å². The third kappa shape index (κ3) is 3.50. The molecule has 138 valence electrons. The first kappa shape index (κ1) is 17.2. The molecule has 0 radical (unpaired) electrons. The van der Waals surface area contributed by atoms with E-state index < -0.39 is 0 Å². The Morgan fingerprint density at radius 1 is 1.15 bits per heavy atom. The SMILES string of the molecule is O=C1CCOCCN1CCN1CCCC1c1nc2ccccc2c(=O)[nH]1. The number of H-pyrrole nitrogens is 1. The molecule has 1 aromatic carbocycles. The number of aromatic amines is 1. The molecule has 1 unspecified atom stereocenters. The molecule has 2 aromatic rings. The summed E-state index contributed by atoms with van der Waals surface area (Å²) in [6.07, 6.45) is 2.50. The first-order chi connectivity index (χ1) is 12.7. The van der Waals surface area contributed by atoms with Crippen molar-refractivity contribution < 1.29 is 9.53 Å². The van der Waals surface area contributed by atoms with Gasteiger partial charge in [0.15, 0.2) is 0 Å². The number of nitrogens with one attached hydrogen (secondary N) is 1. The van der Waals surface area contributed by atoms with Crippen molar-refractivity contribution in [1.82, 2.24) is 19.8 Å². The van der Waals surface area contributed by atoms with Gasteiger partial charge in [0, 0.05) is 19.6 Å². The molecule has 26 heavy (non-hydrogen) atoms. The van der Waals surface area contributed by atoms with E-state index in [2.05, 4.69) is 9.88 Å². The van der Waals surface area contributed by atoms with Gasteiger partial charge in [-0.15, -0.1) is 0 Å². The number of likely N-dealkylation sites (tertiary alicyclic amines) is 1. The average molecular weight is 356 g/mol. The van der Waals surface area contributed by atoms with Crippen molar-refractivity contribution in [2.75, 3.05) is 39.4 Å². The van der Waals surface area contributed by atoms with Crippen LogP contribution in [0.2, 0.25) is 0 Å². The number of nitrogens with zero attached hydrogens (tertiary/aromatic N) is 3. The summed E-state index contributed by atoms with van der Waals surface area (Å²) >= 11 is 0. The maximum Gasteiger partial charge on any atom is 0.258 e. The quantitative estimate of drug-likeness (QED) is 0.894. The molecule has 1 aromatic heterocycles. The van der Waals surface area contributed by atoms with Gasteiger partial charge in [0.25, 0.3) is 5.56 Å². The van der Waals surface area contributed by atoms with Crippen molar-refractivity contribution in [2.24, 2.45) is 0 Å². The molecule has 4 rings (SSSR count). The highest BCUT2D eigenvalue weighted by atomic mass is 16.5. The Morgan fingerprint density at radius 2 is 2.04 bits per heavy atom. The summed E-state index contributed by atoms with van der Waals surface area (Å²) in [4.78, 5) is 36.4. The predicted octanol–water partition coefficient (Wildman–Crippen LogP) is 1.31. The summed E-state index contributed by atoms with van der Waals surface area (Å²) in [7, 11) is 0. The summed E-state index contributed by atoms with van der Waals surface area (Å²) in [5, 5.41) is 0.621. The maximum absolute atomic E-state index is 12.4. The molecule has 7 heteroatoms. The molecule has 1 atom stereocenters. The molecular weight excluding hydrogens is 332 g/mol. The second kappa shape index (κ2) is 7.55. The first-order valence-electron chi connectivity index (χ1n) is 9.31.